The fraction of sp³-hybridized carbons (Fsp3) is 0.842. The van der Waals surface area contributed by atoms with Crippen LogP contribution in [-0.4, -0.2) is 261 Å². The van der Waals surface area contributed by atoms with Crippen LogP contribution < -0.4 is 16.0 Å². The van der Waals surface area contributed by atoms with Crippen LogP contribution in [0.4, 0.5) is 13.2 Å². The molecule has 8 aliphatic rings. The lowest BCUT2D eigenvalue weighted by atomic mass is 9.78. The average molecular weight is 1490 g/mol. The third-order valence-electron chi connectivity index (χ3n) is 25.2. The minimum atomic E-state index is -4.51. The molecule has 13 atom stereocenters. The molecule has 1 spiro atoms. The Morgan fingerprint density at radius 3 is 1.74 bits per heavy atom. The minimum Gasteiger partial charge on any atom is -0.343 e. The molecule has 4 aliphatic heterocycles. The summed E-state index contributed by atoms with van der Waals surface area (Å²) in [6, 6.07) is -10.7. The second kappa shape index (κ2) is 37.0. The molecule has 28 heteroatoms. The standard InChI is InChI=1S/C76H122ClF3N12O12/c1-12-48(4)63-72(102)86(8)57(35-32-50-25-16-13-17-26-50)71(101)92-42-36-58(92)69(99)87(9)59(44-51-27-18-14-19-28-51)68(98)84(6)46-61(93)81-55(34-31-52-30-33-53(54(77)43-52)76(78,79)80)67(97)91-41-24-29-56(91)66(96)83-75(37-20-21-38-75)74(104)89(11)64(47(2)3)73(103)88(10)60(70(100)90-39-22-15-23-40-90)45-62(94)85(7)49(5)65(95)82-63/h47-60,63-64H,12-46H2,1-11H3,(H,81,93)(H,82,95)(H,83,96)/t48-,49-,52?,53?,54?,55-,56-,57-,58-,59-,60-,63-,64-/m0/s1. The molecule has 0 aromatic rings. The van der Waals surface area contributed by atoms with Gasteiger partial charge in [-0.15, -0.1) is 11.6 Å². The summed E-state index contributed by atoms with van der Waals surface area (Å²) >= 11 is 6.43. The molecule has 3 unspecified atom stereocenters. The van der Waals surface area contributed by atoms with Crippen LogP contribution in [-0.2, 0) is 57.5 Å². The van der Waals surface area contributed by atoms with Crippen molar-refractivity contribution in [3.05, 3.63) is 0 Å². The van der Waals surface area contributed by atoms with Crippen molar-refractivity contribution in [1.82, 2.24) is 60.0 Å². The lowest BCUT2D eigenvalue weighted by Gasteiger charge is -2.46. The van der Waals surface area contributed by atoms with Gasteiger partial charge < -0.3 is 60.0 Å². The Morgan fingerprint density at radius 1 is 0.558 bits per heavy atom. The highest BCUT2D eigenvalue weighted by molar-refractivity contribution is 6.21. The summed E-state index contributed by atoms with van der Waals surface area (Å²) in [6.07, 6.45) is 10.5. The number of nitrogens with zero attached hydrogens (tertiary/aromatic N) is 9. The third-order valence-corrected chi connectivity index (χ3v) is 25.6. The fourth-order valence-electron chi connectivity index (χ4n) is 17.9. The van der Waals surface area contributed by atoms with Gasteiger partial charge in [-0.2, -0.15) is 13.2 Å². The first-order valence-electron chi connectivity index (χ1n) is 39.3. The first-order valence-corrected chi connectivity index (χ1v) is 39.7. The highest BCUT2D eigenvalue weighted by Crippen LogP contribution is 2.44. The smallest absolute Gasteiger partial charge is 0.343 e. The lowest BCUT2D eigenvalue weighted by Crippen LogP contribution is -2.65. The second-order valence-electron chi connectivity index (χ2n) is 32.5. The van der Waals surface area contributed by atoms with Crippen LogP contribution in [0.5, 0.6) is 0 Å². The van der Waals surface area contributed by atoms with E-state index in [1.807, 2.05) is 13.8 Å². The molecule has 8 fully saturated rings. The molecule has 4 saturated heterocycles. The number of carbonyl (C=O) groups excluding carboxylic acids is 12. The highest BCUT2D eigenvalue weighted by atomic mass is 35.5. The topological polar surface area (TPSA) is 270 Å². The number of fused-ring (bicyclic) bond motifs is 2. The fourth-order valence-corrected chi connectivity index (χ4v) is 18.5. The number of piperidine rings is 1. The van der Waals surface area contributed by atoms with Gasteiger partial charge in [0.2, 0.25) is 70.9 Å². The number of hydrogen-bond donors (Lipinski definition) is 3. The third kappa shape index (κ3) is 19.9. The van der Waals surface area contributed by atoms with Crippen molar-refractivity contribution in [2.45, 2.75) is 299 Å². The maximum atomic E-state index is 15.5. The summed E-state index contributed by atoms with van der Waals surface area (Å²) in [5.41, 5.74) is -1.56. The van der Waals surface area contributed by atoms with Gasteiger partial charge >= 0.3 is 6.18 Å². The van der Waals surface area contributed by atoms with E-state index in [1.165, 1.54) is 88.4 Å². The lowest BCUT2D eigenvalue weighted by molar-refractivity contribution is -0.182. The molecular formula is C76H122ClF3N12O12. The normalized spacial score (nSPS) is 31.3. The van der Waals surface area contributed by atoms with E-state index < -0.39 is 173 Å². The molecule has 0 bridgehead atoms. The molecule has 0 aromatic carbocycles. The molecule has 104 heavy (non-hydrogen) atoms. The first-order chi connectivity index (χ1) is 49.2. The Kier molecular flexibility index (Phi) is 29.7. The van der Waals surface area contributed by atoms with Crippen molar-refractivity contribution in [2.24, 2.45) is 35.5 Å². The van der Waals surface area contributed by atoms with Gasteiger partial charge in [0.25, 0.3) is 0 Å². The van der Waals surface area contributed by atoms with Gasteiger partial charge in [-0.1, -0.05) is 111 Å². The number of likely N-dealkylation sites (N-methyl/N-ethyl adjacent to an activating group) is 6. The molecule has 24 nitrogen and oxygen atoms in total. The van der Waals surface area contributed by atoms with Gasteiger partial charge in [-0.3, -0.25) is 57.5 Å². The van der Waals surface area contributed by atoms with E-state index in [1.54, 1.807) is 18.7 Å². The molecule has 0 radical (unpaired) electrons. The maximum absolute atomic E-state index is 15.5. The molecule has 4 aliphatic carbocycles. The van der Waals surface area contributed by atoms with E-state index in [2.05, 4.69) is 16.0 Å². The molecule has 8 rings (SSSR count). The number of likely N-dealkylation sites (tertiary alicyclic amines) is 1. The SMILES string of the molecule is CC[C@H](C)[C@@H]1NC(=O)[C@H](C)N(C)C(=O)C[C@@H](C(=O)N2CCCCC2)N(C)C(=O)[C@H](C(C)C)N(C)C(=O)C2(CCCC2)NC(=O)[C@@H]2CCCN2C(=O)[C@H](CCC2CCC(C(F)(F)F)C(Cl)C2)NC(=O)CN(C)C(=O)[C@H](CC2CCCCC2)N(C)C(=O)[C@@H]2CCN2C(=O)[C@H](CCC2CCCCC2)N(C)C1=O. The quantitative estimate of drug-likeness (QED) is 0.161. The Labute approximate surface area is 619 Å². The summed E-state index contributed by atoms with van der Waals surface area (Å²) in [7, 11) is 8.80. The summed E-state index contributed by atoms with van der Waals surface area (Å²) in [5.74, 6) is -10.0. The van der Waals surface area contributed by atoms with Gasteiger partial charge in [-0.05, 0) is 139 Å². The van der Waals surface area contributed by atoms with E-state index in [9.17, 15) is 32.3 Å². The molecule has 586 valence electrons. The van der Waals surface area contributed by atoms with Gasteiger partial charge in [0.15, 0.2) is 0 Å². The molecule has 12 amide bonds. The van der Waals surface area contributed by atoms with Crippen LogP contribution >= 0.6 is 11.6 Å². The van der Waals surface area contributed by atoms with Crippen molar-refractivity contribution >= 4 is 82.5 Å². The number of alkyl halides is 4. The van der Waals surface area contributed by atoms with Crippen molar-refractivity contribution < 1.29 is 70.7 Å². The summed E-state index contributed by atoms with van der Waals surface area (Å²) in [6.45, 7) is 9.09. The monoisotopic (exact) mass is 1490 g/mol. The zero-order valence-corrected chi connectivity index (χ0v) is 64.7. The van der Waals surface area contributed by atoms with Crippen molar-refractivity contribution in [3.63, 3.8) is 0 Å². The van der Waals surface area contributed by atoms with Gasteiger partial charge in [0.05, 0.1) is 18.9 Å². The summed E-state index contributed by atoms with van der Waals surface area (Å²) in [5, 5.41) is 7.64. The number of carbonyl (C=O) groups is 12. The molecule has 0 aromatic heterocycles. The predicted octanol–water partition coefficient (Wildman–Crippen LogP) is 7.41. The molecule has 3 N–H and O–H groups in total. The van der Waals surface area contributed by atoms with E-state index in [0.29, 0.717) is 58.0 Å². The second-order valence-corrected chi connectivity index (χ2v) is 33.1. The maximum Gasteiger partial charge on any atom is 0.393 e. The van der Waals surface area contributed by atoms with E-state index >= 15 is 38.4 Å². The van der Waals surface area contributed by atoms with E-state index in [-0.39, 0.29) is 101 Å². The van der Waals surface area contributed by atoms with Crippen LogP contribution in [0.1, 0.15) is 227 Å². The van der Waals surface area contributed by atoms with Crippen molar-refractivity contribution in [3.8, 4) is 0 Å². The van der Waals surface area contributed by atoms with Crippen LogP contribution in [0.3, 0.4) is 0 Å². The highest BCUT2D eigenvalue weighted by Gasteiger charge is 2.53. The van der Waals surface area contributed by atoms with Gasteiger partial charge in [0, 0.05) is 73.8 Å². The number of halogens is 4. The Morgan fingerprint density at radius 2 is 1.15 bits per heavy atom. The summed E-state index contributed by atoms with van der Waals surface area (Å²) < 4.78 is 42.2. The van der Waals surface area contributed by atoms with Crippen LogP contribution in [0.15, 0.2) is 0 Å². The van der Waals surface area contributed by atoms with E-state index in [4.69, 9.17) is 11.6 Å². The van der Waals surface area contributed by atoms with Crippen LogP contribution in [0, 0.1) is 35.5 Å². The van der Waals surface area contributed by atoms with E-state index in [0.717, 1.165) is 70.6 Å². The summed E-state index contributed by atoms with van der Waals surface area (Å²) in [4.78, 5) is 194. The Hall–Kier alpha value is -6.28. The Balaban J connectivity index is 1.16. The first kappa shape index (κ1) is 83.4. The van der Waals surface area contributed by atoms with Crippen molar-refractivity contribution in [1.29, 1.82) is 0 Å². The van der Waals surface area contributed by atoms with Crippen LogP contribution in [0.25, 0.3) is 0 Å². The Bertz CT molecular complexity index is 3050. The zero-order chi connectivity index (χ0) is 76.2. The molecule has 4 saturated carbocycles. The number of rotatable bonds is 12. The predicted molar refractivity (Wildman–Crippen MR) is 386 cm³/mol. The van der Waals surface area contributed by atoms with Crippen LogP contribution in [0.2, 0.25) is 0 Å². The molecular weight excluding hydrogens is 1370 g/mol. The number of amides is 12. The number of hydrogen-bond acceptors (Lipinski definition) is 12. The number of nitrogens with one attached hydrogen (secondary N) is 3. The van der Waals surface area contributed by atoms with Gasteiger partial charge in [0.1, 0.15) is 59.9 Å². The minimum absolute atomic E-state index is 0.00339. The van der Waals surface area contributed by atoms with Crippen molar-refractivity contribution in [2.75, 3.05) is 75.0 Å². The van der Waals surface area contributed by atoms with Gasteiger partial charge in [-0.25, -0.2) is 0 Å². The zero-order valence-electron chi connectivity index (χ0n) is 63.9. The average Bonchev–Trinajstić information content (AvgIpc) is 1.17. The largest absolute Gasteiger partial charge is 0.393 e. The molecule has 4 heterocycles.